The SMILES string of the molecule is CC(=O)NC(CSC(=O)Cc1ccc(CC(C)C)cc1)C(N)=O. The Labute approximate surface area is 141 Å². The average molecular weight is 336 g/mol. The van der Waals surface area contributed by atoms with Crippen LogP contribution in [0.4, 0.5) is 0 Å². The van der Waals surface area contributed by atoms with Crippen molar-refractivity contribution in [2.45, 2.75) is 39.7 Å². The van der Waals surface area contributed by atoms with Gasteiger partial charge in [0.2, 0.25) is 11.8 Å². The highest BCUT2D eigenvalue weighted by atomic mass is 32.2. The van der Waals surface area contributed by atoms with Crippen molar-refractivity contribution in [3.63, 3.8) is 0 Å². The second kappa shape index (κ2) is 9.35. The van der Waals surface area contributed by atoms with E-state index in [1.165, 1.54) is 12.5 Å². The number of thioether (sulfide) groups is 1. The second-order valence-corrected chi connectivity index (χ2v) is 7.01. The van der Waals surface area contributed by atoms with Crippen LogP contribution in [-0.4, -0.2) is 28.7 Å². The maximum Gasteiger partial charge on any atom is 0.240 e. The summed E-state index contributed by atoms with van der Waals surface area (Å²) in [5, 5.41) is 2.38. The Balaban J connectivity index is 2.49. The highest BCUT2D eigenvalue weighted by molar-refractivity contribution is 8.13. The van der Waals surface area contributed by atoms with Crippen molar-refractivity contribution in [3.8, 4) is 0 Å². The first kappa shape index (κ1) is 19.2. The first-order valence-corrected chi connectivity index (χ1v) is 8.56. The highest BCUT2D eigenvalue weighted by Crippen LogP contribution is 2.14. The van der Waals surface area contributed by atoms with E-state index in [-0.39, 0.29) is 23.2 Å². The lowest BCUT2D eigenvalue weighted by molar-refractivity contribution is -0.125. The van der Waals surface area contributed by atoms with Crippen LogP contribution in [-0.2, 0) is 27.2 Å². The molecule has 0 aliphatic heterocycles. The molecule has 3 N–H and O–H groups in total. The molecular formula is C17H24N2O3S. The van der Waals surface area contributed by atoms with Crippen molar-refractivity contribution in [1.82, 2.24) is 5.32 Å². The molecule has 1 atom stereocenters. The molecule has 0 spiro atoms. The van der Waals surface area contributed by atoms with Gasteiger partial charge < -0.3 is 11.1 Å². The van der Waals surface area contributed by atoms with Crippen LogP contribution in [0.5, 0.6) is 0 Å². The Kier molecular flexibility index (Phi) is 7.81. The van der Waals surface area contributed by atoms with Crippen LogP contribution in [0.25, 0.3) is 0 Å². The zero-order valence-electron chi connectivity index (χ0n) is 13.8. The van der Waals surface area contributed by atoms with Gasteiger partial charge in [0.25, 0.3) is 0 Å². The van der Waals surface area contributed by atoms with Crippen LogP contribution in [0.1, 0.15) is 31.9 Å². The molecule has 0 aromatic heterocycles. The smallest absolute Gasteiger partial charge is 0.240 e. The monoisotopic (exact) mass is 336 g/mol. The molecule has 0 saturated heterocycles. The predicted octanol–water partition coefficient (Wildman–Crippen LogP) is 1.68. The van der Waals surface area contributed by atoms with Crippen molar-refractivity contribution in [2.24, 2.45) is 11.7 Å². The van der Waals surface area contributed by atoms with E-state index in [1.807, 2.05) is 24.3 Å². The van der Waals surface area contributed by atoms with Crippen LogP contribution in [0.3, 0.4) is 0 Å². The molecule has 5 nitrogen and oxygen atoms in total. The molecule has 0 aliphatic carbocycles. The Bertz CT molecular complexity index is 555. The number of carbonyl (C=O) groups excluding carboxylic acids is 3. The molecule has 1 aromatic rings. The van der Waals surface area contributed by atoms with E-state index in [9.17, 15) is 14.4 Å². The molecule has 0 heterocycles. The Hall–Kier alpha value is -1.82. The first-order chi connectivity index (χ1) is 10.8. The highest BCUT2D eigenvalue weighted by Gasteiger charge is 2.18. The summed E-state index contributed by atoms with van der Waals surface area (Å²) in [6.07, 6.45) is 1.30. The van der Waals surface area contributed by atoms with Gasteiger partial charge >= 0.3 is 0 Å². The Morgan fingerprint density at radius 3 is 2.17 bits per heavy atom. The normalized spacial score (nSPS) is 12.0. The fourth-order valence-electron chi connectivity index (χ4n) is 2.10. The number of rotatable bonds is 8. The van der Waals surface area contributed by atoms with Gasteiger partial charge in [-0.05, 0) is 23.5 Å². The van der Waals surface area contributed by atoms with Crippen molar-refractivity contribution in [2.75, 3.05) is 5.75 Å². The minimum absolute atomic E-state index is 0.0572. The standard InChI is InChI=1S/C17H24N2O3S/c1-11(2)8-13-4-6-14(7-5-13)9-16(21)23-10-15(17(18)22)19-12(3)20/h4-7,11,15H,8-10H2,1-3H3,(H2,18,22)(H,19,20). The Morgan fingerprint density at radius 1 is 1.13 bits per heavy atom. The number of nitrogens with one attached hydrogen (secondary N) is 1. The van der Waals surface area contributed by atoms with Gasteiger partial charge in [-0.2, -0.15) is 0 Å². The summed E-state index contributed by atoms with van der Waals surface area (Å²) in [5.74, 6) is -0.238. The summed E-state index contributed by atoms with van der Waals surface area (Å²) in [6, 6.07) is 7.16. The average Bonchev–Trinajstić information content (AvgIpc) is 2.44. The van der Waals surface area contributed by atoms with Crippen LogP contribution in [0, 0.1) is 5.92 Å². The molecule has 0 bridgehead atoms. The Morgan fingerprint density at radius 2 is 1.70 bits per heavy atom. The van der Waals surface area contributed by atoms with Gasteiger partial charge in [0, 0.05) is 19.1 Å². The second-order valence-electron chi connectivity index (χ2n) is 5.93. The lowest BCUT2D eigenvalue weighted by Gasteiger charge is -2.13. The maximum absolute atomic E-state index is 12.0. The van der Waals surface area contributed by atoms with Gasteiger partial charge in [0.1, 0.15) is 6.04 Å². The number of carbonyl (C=O) groups is 3. The third-order valence-corrected chi connectivity index (χ3v) is 4.11. The van der Waals surface area contributed by atoms with Crippen LogP contribution >= 0.6 is 11.8 Å². The number of amides is 2. The van der Waals surface area contributed by atoms with Crippen molar-refractivity contribution < 1.29 is 14.4 Å². The zero-order chi connectivity index (χ0) is 17.4. The van der Waals surface area contributed by atoms with E-state index >= 15 is 0 Å². The number of benzene rings is 1. The first-order valence-electron chi connectivity index (χ1n) is 7.57. The molecule has 1 unspecified atom stereocenters. The topological polar surface area (TPSA) is 89.3 Å². The van der Waals surface area contributed by atoms with Crippen LogP contribution in [0.2, 0.25) is 0 Å². The molecule has 23 heavy (non-hydrogen) atoms. The van der Waals surface area contributed by atoms with E-state index in [1.54, 1.807) is 0 Å². The number of nitrogens with two attached hydrogens (primary N) is 1. The molecule has 0 fully saturated rings. The minimum Gasteiger partial charge on any atom is -0.368 e. The van der Waals surface area contributed by atoms with Gasteiger partial charge in [-0.15, -0.1) is 0 Å². The van der Waals surface area contributed by atoms with Gasteiger partial charge in [-0.3, -0.25) is 14.4 Å². The van der Waals surface area contributed by atoms with Gasteiger partial charge in [-0.1, -0.05) is 49.9 Å². The third-order valence-electron chi connectivity index (χ3n) is 3.15. The predicted molar refractivity (Wildman–Crippen MR) is 93.0 cm³/mol. The molecular weight excluding hydrogens is 312 g/mol. The van der Waals surface area contributed by atoms with Gasteiger partial charge in [0.05, 0.1) is 0 Å². The fraction of sp³-hybridized carbons (Fsp3) is 0.471. The minimum atomic E-state index is -0.824. The molecule has 2 amide bonds. The van der Waals surface area contributed by atoms with Crippen molar-refractivity contribution in [3.05, 3.63) is 35.4 Å². The van der Waals surface area contributed by atoms with E-state index < -0.39 is 11.9 Å². The fourth-order valence-corrected chi connectivity index (χ4v) is 2.97. The summed E-state index contributed by atoms with van der Waals surface area (Å²) in [5.41, 5.74) is 7.39. The molecule has 1 rings (SSSR count). The summed E-state index contributed by atoms with van der Waals surface area (Å²) < 4.78 is 0. The van der Waals surface area contributed by atoms with E-state index in [4.69, 9.17) is 5.73 Å². The van der Waals surface area contributed by atoms with Gasteiger partial charge in [-0.25, -0.2) is 0 Å². The number of hydrogen-bond donors (Lipinski definition) is 2. The van der Waals surface area contributed by atoms with E-state index in [2.05, 4.69) is 19.2 Å². The summed E-state index contributed by atoms with van der Waals surface area (Å²) >= 11 is 1.01. The van der Waals surface area contributed by atoms with Crippen LogP contribution in [0.15, 0.2) is 24.3 Å². The van der Waals surface area contributed by atoms with E-state index in [0.717, 1.165) is 23.7 Å². The summed E-state index contributed by atoms with van der Waals surface area (Å²) in [4.78, 5) is 34.2. The molecule has 0 saturated carbocycles. The molecule has 0 radical (unpaired) electrons. The quantitative estimate of drug-likeness (QED) is 0.756. The number of hydrogen-bond acceptors (Lipinski definition) is 4. The van der Waals surface area contributed by atoms with Crippen LogP contribution < -0.4 is 11.1 Å². The zero-order valence-corrected chi connectivity index (χ0v) is 14.6. The lowest BCUT2D eigenvalue weighted by atomic mass is 10.0. The van der Waals surface area contributed by atoms with E-state index in [0.29, 0.717) is 5.92 Å². The maximum atomic E-state index is 12.0. The lowest BCUT2D eigenvalue weighted by Crippen LogP contribution is -2.45. The third kappa shape index (κ3) is 7.83. The molecule has 126 valence electrons. The molecule has 0 aliphatic rings. The number of primary amides is 1. The summed E-state index contributed by atoms with van der Waals surface area (Å²) in [6.45, 7) is 5.64. The summed E-state index contributed by atoms with van der Waals surface area (Å²) in [7, 11) is 0. The molecule has 6 heteroatoms. The van der Waals surface area contributed by atoms with Gasteiger partial charge in [0.15, 0.2) is 5.12 Å². The largest absolute Gasteiger partial charge is 0.368 e. The van der Waals surface area contributed by atoms with Crippen molar-refractivity contribution in [1.29, 1.82) is 0 Å². The molecule has 1 aromatic carbocycles. The van der Waals surface area contributed by atoms with Crippen molar-refractivity contribution >= 4 is 28.7 Å².